The third kappa shape index (κ3) is 3.95. The van der Waals surface area contributed by atoms with Gasteiger partial charge in [0, 0.05) is 47.3 Å². The second-order valence-corrected chi connectivity index (χ2v) is 7.37. The van der Waals surface area contributed by atoms with Gasteiger partial charge in [-0.2, -0.15) is 0 Å². The van der Waals surface area contributed by atoms with Gasteiger partial charge in [0.1, 0.15) is 0 Å². The summed E-state index contributed by atoms with van der Waals surface area (Å²) in [7, 11) is 3.59. The summed E-state index contributed by atoms with van der Waals surface area (Å²) in [6, 6.07) is 16.5. The summed E-state index contributed by atoms with van der Waals surface area (Å²) >= 11 is 0. The van der Waals surface area contributed by atoms with E-state index < -0.39 is 0 Å². The van der Waals surface area contributed by atoms with Crippen LogP contribution in [0.25, 0.3) is 10.9 Å². The molecule has 0 aliphatic rings. The van der Waals surface area contributed by atoms with Crippen LogP contribution in [-0.2, 0) is 7.05 Å². The highest BCUT2D eigenvalue weighted by molar-refractivity contribution is 6.07. The number of hydrogen-bond donors (Lipinski definition) is 3. The lowest BCUT2D eigenvalue weighted by molar-refractivity contribution is -0.665. The van der Waals surface area contributed by atoms with Crippen molar-refractivity contribution in [3.8, 4) is 0 Å². The van der Waals surface area contributed by atoms with E-state index in [9.17, 15) is 4.79 Å². The second-order valence-electron chi connectivity index (χ2n) is 7.37. The number of nitrogens with zero attached hydrogens (tertiary/aromatic N) is 4. The summed E-state index contributed by atoms with van der Waals surface area (Å²) in [5, 5.41) is 4.03. The van der Waals surface area contributed by atoms with Crippen molar-refractivity contribution in [2.75, 3.05) is 28.7 Å². The molecule has 2 aromatic heterocycles. The average Bonchev–Trinajstić information content (AvgIpc) is 2.76. The fourth-order valence-electron chi connectivity index (χ4n) is 3.32. The minimum atomic E-state index is -0.145. The molecule has 0 unspecified atom stereocenters. The molecule has 5 N–H and O–H groups in total. The third-order valence-electron chi connectivity index (χ3n) is 5.29. The molecule has 156 valence electrons. The minimum absolute atomic E-state index is 0.145. The van der Waals surface area contributed by atoms with Crippen molar-refractivity contribution < 1.29 is 9.36 Å². The third-order valence-corrected chi connectivity index (χ3v) is 5.29. The molecule has 4 rings (SSSR count). The Bertz CT molecular complexity index is 1280. The summed E-state index contributed by atoms with van der Waals surface area (Å²) in [6.07, 6.45) is 1.67. The number of nitrogen functional groups attached to an aromatic ring is 2. The van der Waals surface area contributed by atoms with E-state index in [0.717, 1.165) is 28.0 Å². The molecule has 0 bridgehead atoms. The number of benzene rings is 2. The van der Waals surface area contributed by atoms with Crippen LogP contribution >= 0.6 is 0 Å². The summed E-state index contributed by atoms with van der Waals surface area (Å²) < 4.78 is 1.80. The molecule has 0 radical (unpaired) electrons. The number of pyridine rings is 1. The van der Waals surface area contributed by atoms with Gasteiger partial charge in [-0.15, -0.1) is 0 Å². The second kappa shape index (κ2) is 7.91. The Morgan fingerprint density at radius 3 is 2.68 bits per heavy atom. The lowest BCUT2D eigenvalue weighted by Crippen LogP contribution is -2.36. The molecule has 2 heterocycles. The van der Waals surface area contributed by atoms with Crippen molar-refractivity contribution >= 4 is 45.6 Å². The maximum Gasteiger partial charge on any atom is 0.391 e. The van der Waals surface area contributed by atoms with Crippen LogP contribution in [0.3, 0.4) is 0 Å². The Hall–Kier alpha value is -4.20. The van der Waals surface area contributed by atoms with Crippen LogP contribution in [0.15, 0.2) is 60.8 Å². The quantitative estimate of drug-likeness (QED) is 0.443. The van der Waals surface area contributed by atoms with Crippen LogP contribution in [0.2, 0.25) is 0 Å². The Morgan fingerprint density at radius 2 is 1.90 bits per heavy atom. The van der Waals surface area contributed by atoms with Crippen LogP contribution in [0.1, 0.15) is 16.1 Å². The standard InChI is InChI=1S/C23H23N7O/c1-14-11-21(28-23(25)29(14)2)27-16-6-4-5-15(12-16)22(31)30(3)17-7-8-20-18(13-17)19(24)9-10-26-20/h4-13H,1-3H3,(H4,24,25,26,27,28)/p+1. The first-order valence-corrected chi connectivity index (χ1v) is 9.76. The van der Waals surface area contributed by atoms with Crippen molar-refractivity contribution in [2.24, 2.45) is 7.05 Å². The SMILES string of the molecule is Cc1cc(Nc2cccc(C(=O)N(C)c3ccc4nccc(N)c4c3)c2)nc(N)[n+]1C. The highest BCUT2D eigenvalue weighted by Crippen LogP contribution is 2.26. The molecule has 8 heteroatoms. The number of anilines is 5. The molecule has 0 saturated heterocycles. The van der Waals surface area contributed by atoms with E-state index in [4.69, 9.17) is 11.5 Å². The van der Waals surface area contributed by atoms with Crippen molar-refractivity contribution in [1.82, 2.24) is 9.97 Å². The monoisotopic (exact) mass is 414 g/mol. The smallest absolute Gasteiger partial charge is 0.391 e. The minimum Gasteiger partial charge on any atom is -0.398 e. The van der Waals surface area contributed by atoms with Gasteiger partial charge >= 0.3 is 5.95 Å². The topological polar surface area (TPSA) is 114 Å². The predicted molar refractivity (Wildman–Crippen MR) is 123 cm³/mol. The number of fused-ring (bicyclic) bond motifs is 1. The summed E-state index contributed by atoms with van der Waals surface area (Å²) in [5.41, 5.74) is 16.4. The zero-order chi connectivity index (χ0) is 22.1. The molecule has 2 aromatic carbocycles. The number of nitrogens with two attached hydrogens (primary N) is 2. The fraction of sp³-hybridized carbons (Fsp3) is 0.130. The van der Waals surface area contributed by atoms with Gasteiger partial charge in [-0.05, 0) is 49.4 Å². The number of hydrogen-bond acceptors (Lipinski definition) is 6. The molecular formula is C23H24N7O+. The molecule has 4 aromatic rings. The molecule has 8 nitrogen and oxygen atoms in total. The first-order valence-electron chi connectivity index (χ1n) is 9.76. The highest BCUT2D eigenvalue weighted by Gasteiger charge is 2.16. The van der Waals surface area contributed by atoms with Gasteiger partial charge in [0.05, 0.1) is 18.3 Å². The van der Waals surface area contributed by atoms with E-state index in [1.54, 1.807) is 40.9 Å². The van der Waals surface area contributed by atoms with Gasteiger partial charge in [0.2, 0.25) is 5.82 Å². The number of carbonyl (C=O) groups is 1. The molecule has 0 atom stereocenters. The normalized spacial score (nSPS) is 10.8. The van der Waals surface area contributed by atoms with Gasteiger partial charge in [-0.25, -0.2) is 4.57 Å². The van der Waals surface area contributed by atoms with Gasteiger partial charge in [-0.3, -0.25) is 15.5 Å². The Kier molecular flexibility index (Phi) is 5.12. The van der Waals surface area contributed by atoms with Gasteiger partial charge in [0.25, 0.3) is 5.91 Å². The molecule has 0 spiro atoms. The largest absolute Gasteiger partial charge is 0.398 e. The number of aromatic nitrogens is 3. The van der Waals surface area contributed by atoms with E-state index >= 15 is 0 Å². The van der Waals surface area contributed by atoms with Gasteiger partial charge in [0.15, 0.2) is 0 Å². The average molecular weight is 414 g/mol. The Balaban J connectivity index is 1.60. The molecule has 1 amide bonds. The zero-order valence-corrected chi connectivity index (χ0v) is 17.6. The summed E-state index contributed by atoms with van der Waals surface area (Å²) in [4.78, 5) is 23.4. The fourth-order valence-corrected chi connectivity index (χ4v) is 3.32. The van der Waals surface area contributed by atoms with E-state index in [0.29, 0.717) is 23.0 Å². The van der Waals surface area contributed by atoms with Crippen LogP contribution in [0.5, 0.6) is 0 Å². The summed E-state index contributed by atoms with van der Waals surface area (Å²) in [6.45, 7) is 1.95. The molecular weight excluding hydrogens is 390 g/mol. The van der Waals surface area contributed by atoms with Crippen LogP contribution in [-0.4, -0.2) is 22.9 Å². The van der Waals surface area contributed by atoms with Crippen LogP contribution < -0.4 is 26.3 Å². The van der Waals surface area contributed by atoms with E-state index in [1.165, 1.54) is 0 Å². The van der Waals surface area contributed by atoms with Crippen molar-refractivity contribution in [1.29, 1.82) is 0 Å². The van der Waals surface area contributed by atoms with Gasteiger partial charge in [-0.1, -0.05) is 11.1 Å². The Morgan fingerprint density at radius 1 is 1.10 bits per heavy atom. The lowest BCUT2D eigenvalue weighted by Gasteiger charge is -2.18. The number of nitrogens with one attached hydrogen (secondary N) is 1. The maximum absolute atomic E-state index is 13.1. The number of carbonyl (C=O) groups excluding carboxylic acids is 1. The molecule has 0 aliphatic heterocycles. The van der Waals surface area contributed by atoms with Crippen LogP contribution in [0.4, 0.5) is 28.8 Å². The van der Waals surface area contributed by atoms with E-state index in [-0.39, 0.29) is 5.91 Å². The van der Waals surface area contributed by atoms with E-state index in [1.807, 2.05) is 50.4 Å². The van der Waals surface area contributed by atoms with Crippen molar-refractivity contribution in [2.45, 2.75) is 6.92 Å². The Labute approximate surface area is 180 Å². The molecule has 0 aliphatic carbocycles. The van der Waals surface area contributed by atoms with E-state index in [2.05, 4.69) is 15.3 Å². The zero-order valence-electron chi connectivity index (χ0n) is 17.6. The van der Waals surface area contributed by atoms with Crippen LogP contribution in [0, 0.1) is 6.92 Å². The van der Waals surface area contributed by atoms with Crippen molar-refractivity contribution in [3.63, 3.8) is 0 Å². The maximum atomic E-state index is 13.1. The van der Waals surface area contributed by atoms with Gasteiger partial charge < -0.3 is 16.0 Å². The first-order chi connectivity index (χ1) is 14.8. The first kappa shape index (κ1) is 20.1. The predicted octanol–water partition coefficient (Wildman–Crippen LogP) is 2.95. The highest BCUT2D eigenvalue weighted by atomic mass is 16.2. The molecule has 0 saturated carbocycles. The molecule has 31 heavy (non-hydrogen) atoms. The number of rotatable bonds is 4. The lowest BCUT2D eigenvalue weighted by atomic mass is 10.1. The van der Waals surface area contributed by atoms with Crippen molar-refractivity contribution in [3.05, 3.63) is 72.1 Å². The summed E-state index contributed by atoms with van der Waals surface area (Å²) in [5.74, 6) is 0.872. The number of aryl methyl sites for hydroxylation is 1. The number of amides is 1. The molecule has 0 fully saturated rings.